The van der Waals surface area contributed by atoms with E-state index in [0.717, 1.165) is 89.9 Å². The van der Waals surface area contributed by atoms with Crippen molar-refractivity contribution in [3.05, 3.63) is 48.6 Å². The van der Waals surface area contributed by atoms with E-state index in [1.165, 1.54) is 218 Å². The van der Waals surface area contributed by atoms with Crippen LogP contribution in [0, 0.1) is 0 Å². The van der Waals surface area contributed by atoms with Gasteiger partial charge in [-0.1, -0.05) is 301 Å². The van der Waals surface area contributed by atoms with Crippen LogP contribution >= 0.6 is 0 Å². The Balaban J connectivity index is 4.28. The summed E-state index contributed by atoms with van der Waals surface area (Å²) in [6, 6.07) is 0. The number of carbonyl (C=O) groups is 3. The molecule has 0 bridgehead atoms. The van der Waals surface area contributed by atoms with E-state index < -0.39 is 6.10 Å². The van der Waals surface area contributed by atoms with Crippen LogP contribution in [0.1, 0.15) is 348 Å². The number of rotatable bonds is 60. The number of allylic oxidation sites excluding steroid dienone is 8. The van der Waals surface area contributed by atoms with Crippen LogP contribution in [0.2, 0.25) is 0 Å². The second-order valence-corrected chi connectivity index (χ2v) is 22.0. The zero-order chi connectivity index (χ0) is 53.6. The average Bonchev–Trinajstić information content (AvgIpc) is 3.40. The van der Waals surface area contributed by atoms with Crippen LogP contribution in [0.5, 0.6) is 0 Å². The van der Waals surface area contributed by atoms with Crippen LogP contribution < -0.4 is 0 Å². The van der Waals surface area contributed by atoms with E-state index in [0.29, 0.717) is 19.3 Å². The first kappa shape index (κ1) is 71.4. The van der Waals surface area contributed by atoms with Crippen LogP contribution in [-0.4, -0.2) is 37.2 Å². The zero-order valence-corrected chi connectivity index (χ0v) is 49.6. The lowest BCUT2D eigenvalue weighted by atomic mass is 10.0. The molecule has 0 amide bonds. The zero-order valence-electron chi connectivity index (χ0n) is 49.6. The molecule has 74 heavy (non-hydrogen) atoms. The molecule has 0 N–H and O–H groups in total. The second-order valence-electron chi connectivity index (χ2n) is 22.0. The number of esters is 3. The summed E-state index contributed by atoms with van der Waals surface area (Å²) in [5.41, 5.74) is 0. The van der Waals surface area contributed by atoms with Gasteiger partial charge in [0.15, 0.2) is 6.10 Å². The third-order valence-corrected chi connectivity index (χ3v) is 14.5. The lowest BCUT2D eigenvalue weighted by Crippen LogP contribution is -2.30. The lowest BCUT2D eigenvalue weighted by molar-refractivity contribution is -0.167. The van der Waals surface area contributed by atoms with E-state index >= 15 is 0 Å². The van der Waals surface area contributed by atoms with Crippen LogP contribution in [0.3, 0.4) is 0 Å². The predicted molar refractivity (Wildman–Crippen MR) is 321 cm³/mol. The SMILES string of the molecule is CCC/C=C\C/C=C\CCCCCCCC(=O)OCC(COC(=O)CCCCCCCCCCCCC/C=C\C/C=C\CCCCCCC)OC(=O)CCCCCCCCCCCCCCCCCCCCCC. The Morgan fingerprint density at radius 2 is 0.514 bits per heavy atom. The van der Waals surface area contributed by atoms with Gasteiger partial charge < -0.3 is 14.2 Å². The van der Waals surface area contributed by atoms with E-state index in [1.807, 2.05) is 0 Å². The molecule has 0 aliphatic heterocycles. The van der Waals surface area contributed by atoms with Gasteiger partial charge in [0.2, 0.25) is 0 Å². The molecule has 0 rings (SSSR count). The molecule has 6 heteroatoms. The molecule has 0 aromatic heterocycles. The number of ether oxygens (including phenoxy) is 3. The van der Waals surface area contributed by atoms with Gasteiger partial charge in [-0.3, -0.25) is 14.4 Å². The van der Waals surface area contributed by atoms with Crippen molar-refractivity contribution < 1.29 is 28.6 Å². The van der Waals surface area contributed by atoms with Crippen LogP contribution in [0.25, 0.3) is 0 Å². The number of hydrogen-bond donors (Lipinski definition) is 0. The standard InChI is InChI=1S/C68H124O6/c1-4-7-10-13-16-19-22-25-27-29-31-33-34-35-37-38-40-43-46-49-52-55-58-61-67(70)73-64-65(63-72-66(69)60-57-54-51-48-45-42-24-21-18-15-12-9-6-3)74-68(71)62-59-56-53-50-47-44-41-39-36-32-30-28-26-23-20-17-14-11-8-5-2/h12,15,21-22,24-25,29,31,65H,4-11,13-14,16-20,23,26-28,30,32-64H2,1-3H3/b15-12-,24-21-,25-22-,31-29-. The fourth-order valence-corrected chi connectivity index (χ4v) is 9.63. The number of unbranched alkanes of at least 4 members (excludes halogenated alkanes) is 41. The van der Waals surface area contributed by atoms with Gasteiger partial charge in [-0.15, -0.1) is 0 Å². The number of carbonyl (C=O) groups excluding carboxylic acids is 3. The second kappa shape index (κ2) is 62.9. The molecule has 0 heterocycles. The highest BCUT2D eigenvalue weighted by Crippen LogP contribution is 2.17. The normalized spacial score (nSPS) is 12.3. The quantitative estimate of drug-likeness (QED) is 0.0261. The number of hydrogen-bond acceptors (Lipinski definition) is 6. The molecule has 0 aliphatic carbocycles. The van der Waals surface area contributed by atoms with Crippen molar-refractivity contribution in [3.63, 3.8) is 0 Å². The van der Waals surface area contributed by atoms with Gasteiger partial charge in [0.05, 0.1) is 0 Å². The molecule has 0 saturated heterocycles. The van der Waals surface area contributed by atoms with Gasteiger partial charge in [-0.2, -0.15) is 0 Å². The Kier molecular flexibility index (Phi) is 60.7. The van der Waals surface area contributed by atoms with Crippen molar-refractivity contribution >= 4 is 17.9 Å². The smallest absolute Gasteiger partial charge is 0.306 e. The Labute approximate surface area is 460 Å². The summed E-state index contributed by atoms with van der Waals surface area (Å²) in [6.07, 6.45) is 78.4. The maximum atomic E-state index is 12.9. The van der Waals surface area contributed by atoms with E-state index in [1.54, 1.807) is 0 Å². The van der Waals surface area contributed by atoms with Crippen LogP contribution in [-0.2, 0) is 28.6 Å². The van der Waals surface area contributed by atoms with Crippen molar-refractivity contribution in [3.8, 4) is 0 Å². The van der Waals surface area contributed by atoms with Gasteiger partial charge in [0.1, 0.15) is 13.2 Å². The van der Waals surface area contributed by atoms with E-state index in [4.69, 9.17) is 14.2 Å². The Bertz CT molecular complexity index is 1280. The Hall–Kier alpha value is -2.63. The van der Waals surface area contributed by atoms with Crippen molar-refractivity contribution in [1.82, 2.24) is 0 Å². The van der Waals surface area contributed by atoms with Crippen molar-refractivity contribution in [2.45, 2.75) is 354 Å². The highest BCUT2D eigenvalue weighted by molar-refractivity contribution is 5.71. The summed E-state index contributed by atoms with van der Waals surface area (Å²) in [6.45, 7) is 6.61. The summed E-state index contributed by atoms with van der Waals surface area (Å²) in [7, 11) is 0. The topological polar surface area (TPSA) is 78.9 Å². The van der Waals surface area contributed by atoms with Gasteiger partial charge in [0, 0.05) is 19.3 Å². The van der Waals surface area contributed by atoms with Gasteiger partial charge in [0.25, 0.3) is 0 Å². The highest BCUT2D eigenvalue weighted by Gasteiger charge is 2.19. The highest BCUT2D eigenvalue weighted by atomic mass is 16.6. The molecule has 0 radical (unpaired) electrons. The summed E-state index contributed by atoms with van der Waals surface area (Å²) in [4.78, 5) is 38.3. The minimum atomic E-state index is -0.778. The van der Waals surface area contributed by atoms with Gasteiger partial charge >= 0.3 is 17.9 Å². The molecule has 432 valence electrons. The first-order valence-corrected chi connectivity index (χ1v) is 32.6. The minimum absolute atomic E-state index is 0.0752. The lowest BCUT2D eigenvalue weighted by Gasteiger charge is -2.18. The molecule has 1 unspecified atom stereocenters. The minimum Gasteiger partial charge on any atom is -0.462 e. The Morgan fingerprint density at radius 1 is 0.270 bits per heavy atom. The summed E-state index contributed by atoms with van der Waals surface area (Å²) in [5, 5.41) is 0. The van der Waals surface area contributed by atoms with Crippen molar-refractivity contribution in [2.75, 3.05) is 13.2 Å². The molecule has 0 aromatic rings. The summed E-state index contributed by atoms with van der Waals surface area (Å²) in [5.74, 6) is -0.870. The van der Waals surface area contributed by atoms with E-state index in [9.17, 15) is 14.4 Å². The maximum absolute atomic E-state index is 12.9. The first-order valence-electron chi connectivity index (χ1n) is 32.6. The van der Waals surface area contributed by atoms with E-state index in [-0.39, 0.29) is 31.1 Å². The fourth-order valence-electron chi connectivity index (χ4n) is 9.63. The average molecular weight is 1040 g/mol. The predicted octanol–water partition coefficient (Wildman–Crippen LogP) is 22.2. The first-order chi connectivity index (χ1) is 36.5. The summed E-state index contributed by atoms with van der Waals surface area (Å²) >= 11 is 0. The summed E-state index contributed by atoms with van der Waals surface area (Å²) < 4.78 is 16.9. The van der Waals surface area contributed by atoms with Crippen molar-refractivity contribution in [1.29, 1.82) is 0 Å². The molecule has 0 fully saturated rings. The third-order valence-electron chi connectivity index (χ3n) is 14.5. The van der Waals surface area contributed by atoms with Crippen molar-refractivity contribution in [2.24, 2.45) is 0 Å². The Morgan fingerprint density at radius 3 is 0.797 bits per heavy atom. The van der Waals surface area contributed by atoms with Crippen LogP contribution in [0.15, 0.2) is 48.6 Å². The fraction of sp³-hybridized carbons (Fsp3) is 0.838. The molecule has 0 aromatic carbocycles. The molecular formula is C68H124O6. The van der Waals surface area contributed by atoms with Gasteiger partial charge in [-0.05, 0) is 77.0 Å². The maximum Gasteiger partial charge on any atom is 0.306 e. The van der Waals surface area contributed by atoms with E-state index in [2.05, 4.69) is 69.4 Å². The van der Waals surface area contributed by atoms with Crippen LogP contribution in [0.4, 0.5) is 0 Å². The third kappa shape index (κ3) is 60.2. The van der Waals surface area contributed by atoms with Gasteiger partial charge in [-0.25, -0.2) is 0 Å². The largest absolute Gasteiger partial charge is 0.462 e. The monoisotopic (exact) mass is 1040 g/mol. The molecule has 0 saturated carbocycles. The molecular weight excluding hydrogens is 913 g/mol. The molecule has 6 nitrogen and oxygen atoms in total. The molecule has 0 spiro atoms. The molecule has 1 atom stereocenters. The molecule has 0 aliphatic rings.